The van der Waals surface area contributed by atoms with E-state index in [-0.39, 0.29) is 11.8 Å². The van der Waals surface area contributed by atoms with Gasteiger partial charge in [0, 0.05) is 20.1 Å². The molecule has 2 atom stereocenters. The van der Waals surface area contributed by atoms with Crippen molar-refractivity contribution >= 4 is 39.2 Å². The molecule has 24 heavy (non-hydrogen) atoms. The van der Waals surface area contributed by atoms with Gasteiger partial charge in [-0.3, -0.25) is 4.79 Å². The molecule has 0 aromatic carbocycles. The van der Waals surface area contributed by atoms with Crippen LogP contribution in [-0.4, -0.2) is 58.0 Å². The van der Waals surface area contributed by atoms with Crippen LogP contribution in [0.15, 0.2) is 17.8 Å². The molecule has 2 aromatic rings. The zero-order valence-electron chi connectivity index (χ0n) is 13.7. The smallest absolute Gasteiger partial charge is 0.326 e. The predicted octanol–water partition coefficient (Wildman–Crippen LogP) is 1.84. The first-order valence-electron chi connectivity index (χ1n) is 7.91. The molecule has 1 saturated heterocycles. The van der Waals surface area contributed by atoms with Gasteiger partial charge in [0.1, 0.15) is 23.0 Å². The van der Waals surface area contributed by atoms with Gasteiger partial charge in [-0.15, -0.1) is 11.3 Å². The fraction of sp³-hybridized carbons (Fsp3) is 0.500. The molecule has 0 saturated carbocycles. The van der Waals surface area contributed by atoms with Gasteiger partial charge in [-0.1, -0.05) is 0 Å². The van der Waals surface area contributed by atoms with E-state index in [9.17, 15) is 9.59 Å². The molecule has 0 radical (unpaired) electrons. The van der Waals surface area contributed by atoms with Crippen LogP contribution in [0.25, 0.3) is 10.2 Å². The first-order valence-corrected chi connectivity index (χ1v) is 8.79. The molecule has 0 bridgehead atoms. The van der Waals surface area contributed by atoms with Crippen LogP contribution in [0.1, 0.15) is 19.8 Å². The van der Waals surface area contributed by atoms with Crippen LogP contribution in [0.5, 0.6) is 0 Å². The number of hydrogen-bond donors (Lipinski definition) is 1. The number of rotatable bonds is 4. The Balaban J connectivity index is 1.78. The molecule has 3 rings (SSSR count). The third-order valence-electron chi connectivity index (χ3n) is 4.60. The maximum Gasteiger partial charge on any atom is 0.326 e. The Morgan fingerprint density at radius 2 is 2.25 bits per heavy atom. The summed E-state index contributed by atoms with van der Waals surface area (Å²) in [5.41, 5.74) is 0. The molecular formula is C16H20N4O3S. The highest BCUT2D eigenvalue weighted by molar-refractivity contribution is 7.16. The standard InChI is InChI=1S/C16H20N4O3S/c1-10(16(22)23)19(2)15(21)11-4-3-6-20(8-11)13-12-5-7-24-14(12)18-9-17-13/h5,7,9-11H,3-4,6,8H2,1-2H3,(H,22,23)/t10-,11+/m1/s1. The molecule has 2 aromatic heterocycles. The zero-order chi connectivity index (χ0) is 17.3. The summed E-state index contributed by atoms with van der Waals surface area (Å²) in [4.78, 5) is 36.8. The number of carboxylic acids is 1. The predicted molar refractivity (Wildman–Crippen MR) is 92.2 cm³/mol. The fourth-order valence-electron chi connectivity index (χ4n) is 3.04. The summed E-state index contributed by atoms with van der Waals surface area (Å²) in [6, 6.07) is 1.18. The van der Waals surface area contributed by atoms with Crippen LogP contribution in [0.2, 0.25) is 0 Å². The number of amides is 1. The third kappa shape index (κ3) is 3.06. The van der Waals surface area contributed by atoms with Crippen molar-refractivity contribution in [3.63, 3.8) is 0 Å². The van der Waals surface area contributed by atoms with Crippen molar-refractivity contribution in [2.24, 2.45) is 5.92 Å². The Bertz CT molecular complexity index is 763. The summed E-state index contributed by atoms with van der Waals surface area (Å²) in [6.45, 7) is 2.92. The van der Waals surface area contributed by atoms with Crippen molar-refractivity contribution < 1.29 is 14.7 Å². The monoisotopic (exact) mass is 348 g/mol. The van der Waals surface area contributed by atoms with Crippen LogP contribution in [0.4, 0.5) is 5.82 Å². The largest absolute Gasteiger partial charge is 0.480 e. The summed E-state index contributed by atoms with van der Waals surface area (Å²) in [5, 5.41) is 12.1. The lowest BCUT2D eigenvalue weighted by atomic mass is 9.96. The Morgan fingerprint density at radius 1 is 1.46 bits per heavy atom. The number of thiophene rings is 1. The second kappa shape index (κ2) is 6.72. The van der Waals surface area contributed by atoms with Crippen molar-refractivity contribution in [2.45, 2.75) is 25.8 Å². The van der Waals surface area contributed by atoms with E-state index in [1.165, 1.54) is 11.8 Å². The molecule has 1 aliphatic heterocycles. The maximum atomic E-state index is 12.6. The summed E-state index contributed by atoms with van der Waals surface area (Å²) < 4.78 is 0. The summed E-state index contributed by atoms with van der Waals surface area (Å²) in [7, 11) is 1.56. The van der Waals surface area contributed by atoms with E-state index in [0.29, 0.717) is 6.54 Å². The minimum atomic E-state index is -0.991. The quantitative estimate of drug-likeness (QED) is 0.907. The van der Waals surface area contributed by atoms with Crippen LogP contribution in [0, 0.1) is 5.92 Å². The number of aliphatic carboxylic acids is 1. The van der Waals surface area contributed by atoms with Gasteiger partial charge < -0.3 is 14.9 Å². The Hall–Kier alpha value is -2.22. The number of carboxylic acid groups (broad SMARTS) is 1. The van der Waals surface area contributed by atoms with E-state index in [1.54, 1.807) is 24.7 Å². The highest BCUT2D eigenvalue weighted by atomic mass is 32.1. The molecule has 8 heteroatoms. The van der Waals surface area contributed by atoms with Gasteiger partial charge in [0.2, 0.25) is 5.91 Å². The van der Waals surface area contributed by atoms with E-state index in [2.05, 4.69) is 14.9 Å². The van der Waals surface area contributed by atoms with E-state index >= 15 is 0 Å². The molecule has 7 nitrogen and oxygen atoms in total. The Morgan fingerprint density at radius 3 is 3.00 bits per heavy atom. The number of carbonyl (C=O) groups excluding carboxylic acids is 1. The van der Waals surface area contributed by atoms with E-state index < -0.39 is 12.0 Å². The molecule has 3 heterocycles. The molecule has 0 spiro atoms. The number of likely N-dealkylation sites (N-methyl/N-ethyl adjacent to an activating group) is 1. The topological polar surface area (TPSA) is 86.6 Å². The Labute approximate surface area is 143 Å². The van der Waals surface area contributed by atoms with Gasteiger partial charge >= 0.3 is 5.97 Å². The second-order valence-electron chi connectivity index (χ2n) is 6.09. The zero-order valence-corrected chi connectivity index (χ0v) is 14.5. The molecule has 128 valence electrons. The number of aromatic nitrogens is 2. The van der Waals surface area contributed by atoms with Crippen LogP contribution in [-0.2, 0) is 9.59 Å². The first kappa shape index (κ1) is 16.6. The van der Waals surface area contributed by atoms with E-state index in [4.69, 9.17) is 5.11 Å². The highest BCUT2D eigenvalue weighted by Gasteiger charge is 2.32. The van der Waals surface area contributed by atoms with Gasteiger partial charge in [-0.2, -0.15) is 0 Å². The van der Waals surface area contributed by atoms with Crippen molar-refractivity contribution in [1.29, 1.82) is 0 Å². The van der Waals surface area contributed by atoms with Crippen LogP contribution >= 0.6 is 11.3 Å². The van der Waals surface area contributed by atoms with Gasteiger partial charge in [-0.05, 0) is 31.2 Å². The highest BCUT2D eigenvalue weighted by Crippen LogP contribution is 2.30. The molecule has 1 fully saturated rings. The lowest BCUT2D eigenvalue weighted by molar-refractivity contribution is -0.150. The minimum absolute atomic E-state index is 0.120. The molecule has 0 aliphatic carbocycles. The summed E-state index contributed by atoms with van der Waals surface area (Å²) in [6.07, 6.45) is 3.20. The first-order chi connectivity index (χ1) is 11.5. The molecule has 0 unspecified atom stereocenters. The van der Waals surface area contributed by atoms with Gasteiger partial charge in [-0.25, -0.2) is 14.8 Å². The molecular weight excluding hydrogens is 328 g/mol. The van der Waals surface area contributed by atoms with E-state index in [1.807, 2.05) is 11.4 Å². The maximum absolute atomic E-state index is 12.6. The fourth-order valence-corrected chi connectivity index (χ4v) is 3.77. The van der Waals surface area contributed by atoms with Crippen LogP contribution < -0.4 is 4.90 Å². The van der Waals surface area contributed by atoms with Crippen molar-refractivity contribution in [3.8, 4) is 0 Å². The minimum Gasteiger partial charge on any atom is -0.480 e. The number of fused-ring (bicyclic) bond motifs is 1. The van der Waals surface area contributed by atoms with Crippen molar-refractivity contribution in [2.75, 3.05) is 25.0 Å². The summed E-state index contributed by atoms with van der Waals surface area (Å²) in [5.74, 6) is -0.471. The lowest BCUT2D eigenvalue weighted by Crippen LogP contribution is -2.48. The number of hydrogen-bond acceptors (Lipinski definition) is 6. The number of carbonyl (C=O) groups is 2. The number of piperidine rings is 1. The molecule has 1 amide bonds. The SMILES string of the molecule is C[C@H](C(=O)O)N(C)C(=O)[C@H]1CCCN(c2ncnc3sccc23)C1. The average molecular weight is 348 g/mol. The number of anilines is 1. The van der Waals surface area contributed by atoms with Gasteiger partial charge in [0.05, 0.1) is 11.3 Å². The number of nitrogens with zero attached hydrogens (tertiary/aromatic N) is 4. The van der Waals surface area contributed by atoms with Crippen molar-refractivity contribution in [3.05, 3.63) is 17.8 Å². The van der Waals surface area contributed by atoms with E-state index in [0.717, 1.165) is 35.4 Å². The molecule has 1 aliphatic rings. The molecule has 1 N–H and O–H groups in total. The van der Waals surface area contributed by atoms with Crippen LogP contribution in [0.3, 0.4) is 0 Å². The normalized spacial score (nSPS) is 19.2. The Kier molecular flexibility index (Phi) is 4.66. The van der Waals surface area contributed by atoms with Crippen molar-refractivity contribution in [1.82, 2.24) is 14.9 Å². The van der Waals surface area contributed by atoms with Gasteiger partial charge in [0.25, 0.3) is 0 Å². The average Bonchev–Trinajstić information content (AvgIpc) is 3.08. The second-order valence-corrected chi connectivity index (χ2v) is 6.98. The third-order valence-corrected chi connectivity index (χ3v) is 5.42. The summed E-state index contributed by atoms with van der Waals surface area (Å²) >= 11 is 1.57. The van der Waals surface area contributed by atoms with Gasteiger partial charge in [0.15, 0.2) is 0 Å². The lowest BCUT2D eigenvalue weighted by Gasteiger charge is -2.35.